The summed E-state index contributed by atoms with van der Waals surface area (Å²) in [5.41, 5.74) is 5.63. The molecule has 4 heteroatoms. The van der Waals surface area contributed by atoms with Gasteiger partial charge in [0.25, 0.3) is 0 Å². The van der Waals surface area contributed by atoms with E-state index in [1.54, 1.807) is 0 Å². The van der Waals surface area contributed by atoms with Gasteiger partial charge in [-0.2, -0.15) is 0 Å². The third-order valence-corrected chi connectivity index (χ3v) is 3.00. The molecular formula is C11H22N2O2. The van der Waals surface area contributed by atoms with Crippen molar-refractivity contribution in [2.24, 2.45) is 5.73 Å². The molecule has 0 heterocycles. The SMILES string of the molecule is COC(=O)C(N)CCNC1CCCCC1. The summed E-state index contributed by atoms with van der Waals surface area (Å²) in [7, 11) is 1.37. The Labute approximate surface area is 91.5 Å². The summed E-state index contributed by atoms with van der Waals surface area (Å²) in [6.07, 6.45) is 7.17. The largest absolute Gasteiger partial charge is 0.468 e. The summed E-state index contributed by atoms with van der Waals surface area (Å²) in [6, 6.07) is 0.148. The summed E-state index contributed by atoms with van der Waals surface area (Å²) < 4.78 is 4.56. The van der Waals surface area contributed by atoms with E-state index in [0.29, 0.717) is 12.5 Å². The number of rotatable bonds is 5. The molecule has 0 aliphatic heterocycles. The summed E-state index contributed by atoms with van der Waals surface area (Å²) in [5, 5.41) is 3.44. The monoisotopic (exact) mass is 214 g/mol. The highest BCUT2D eigenvalue weighted by Gasteiger charge is 2.15. The lowest BCUT2D eigenvalue weighted by Crippen LogP contribution is -2.38. The average Bonchev–Trinajstić information content (AvgIpc) is 2.29. The molecular weight excluding hydrogens is 192 g/mol. The molecule has 1 unspecified atom stereocenters. The first-order valence-electron chi connectivity index (χ1n) is 5.81. The van der Waals surface area contributed by atoms with Gasteiger partial charge < -0.3 is 15.8 Å². The number of methoxy groups -OCH3 is 1. The van der Waals surface area contributed by atoms with Gasteiger partial charge >= 0.3 is 5.97 Å². The summed E-state index contributed by atoms with van der Waals surface area (Å²) in [5.74, 6) is -0.319. The van der Waals surface area contributed by atoms with Crippen LogP contribution in [-0.2, 0) is 9.53 Å². The highest BCUT2D eigenvalue weighted by molar-refractivity contribution is 5.75. The number of ether oxygens (including phenoxy) is 1. The molecule has 1 saturated carbocycles. The Morgan fingerprint density at radius 3 is 2.73 bits per heavy atom. The number of hydrogen-bond acceptors (Lipinski definition) is 4. The van der Waals surface area contributed by atoms with Crippen molar-refractivity contribution in [3.05, 3.63) is 0 Å². The minimum atomic E-state index is -0.480. The van der Waals surface area contributed by atoms with Gasteiger partial charge in [0.2, 0.25) is 0 Å². The summed E-state index contributed by atoms with van der Waals surface area (Å²) in [6.45, 7) is 0.806. The third-order valence-electron chi connectivity index (χ3n) is 3.00. The standard InChI is InChI=1S/C11H22N2O2/c1-15-11(14)10(12)7-8-13-9-5-3-2-4-6-9/h9-10,13H,2-8,12H2,1H3. The Morgan fingerprint density at radius 1 is 1.47 bits per heavy atom. The van der Waals surface area contributed by atoms with Crippen LogP contribution in [-0.4, -0.2) is 31.7 Å². The van der Waals surface area contributed by atoms with Crippen LogP contribution in [0.4, 0.5) is 0 Å². The fourth-order valence-corrected chi connectivity index (χ4v) is 2.02. The zero-order chi connectivity index (χ0) is 11.1. The summed E-state index contributed by atoms with van der Waals surface area (Å²) >= 11 is 0. The van der Waals surface area contributed by atoms with Crippen LogP contribution < -0.4 is 11.1 Å². The predicted molar refractivity (Wildman–Crippen MR) is 59.5 cm³/mol. The first-order valence-corrected chi connectivity index (χ1v) is 5.81. The van der Waals surface area contributed by atoms with Crippen LogP contribution in [0.3, 0.4) is 0 Å². The van der Waals surface area contributed by atoms with Crippen LogP contribution in [0, 0.1) is 0 Å². The van der Waals surface area contributed by atoms with Crippen molar-refractivity contribution in [1.82, 2.24) is 5.32 Å². The molecule has 0 bridgehead atoms. The molecule has 0 spiro atoms. The van der Waals surface area contributed by atoms with E-state index in [2.05, 4.69) is 10.1 Å². The van der Waals surface area contributed by atoms with Crippen LogP contribution in [0.1, 0.15) is 38.5 Å². The number of carbonyl (C=O) groups is 1. The van der Waals surface area contributed by atoms with Crippen molar-refractivity contribution in [3.63, 3.8) is 0 Å². The Bertz CT molecular complexity index is 191. The number of esters is 1. The molecule has 4 nitrogen and oxygen atoms in total. The van der Waals surface area contributed by atoms with E-state index >= 15 is 0 Å². The van der Waals surface area contributed by atoms with Crippen molar-refractivity contribution >= 4 is 5.97 Å². The zero-order valence-corrected chi connectivity index (χ0v) is 9.50. The Balaban J connectivity index is 2.07. The third kappa shape index (κ3) is 4.62. The predicted octanol–water partition coefficient (Wildman–Crippen LogP) is 0.799. The van der Waals surface area contributed by atoms with E-state index in [4.69, 9.17) is 5.73 Å². The Kier molecular flexibility index (Phi) is 5.65. The molecule has 1 atom stereocenters. The summed E-state index contributed by atoms with van der Waals surface area (Å²) in [4.78, 5) is 11.0. The van der Waals surface area contributed by atoms with Crippen molar-refractivity contribution < 1.29 is 9.53 Å². The van der Waals surface area contributed by atoms with Crippen LogP contribution in [0.25, 0.3) is 0 Å². The van der Waals surface area contributed by atoms with E-state index in [0.717, 1.165) is 6.54 Å². The zero-order valence-electron chi connectivity index (χ0n) is 9.50. The van der Waals surface area contributed by atoms with Gasteiger partial charge in [-0.25, -0.2) is 0 Å². The lowest BCUT2D eigenvalue weighted by atomic mass is 9.95. The van der Waals surface area contributed by atoms with Gasteiger partial charge in [-0.15, -0.1) is 0 Å². The highest BCUT2D eigenvalue weighted by atomic mass is 16.5. The minimum Gasteiger partial charge on any atom is -0.468 e. The second kappa shape index (κ2) is 6.80. The van der Waals surface area contributed by atoms with Gasteiger partial charge in [-0.1, -0.05) is 19.3 Å². The topological polar surface area (TPSA) is 64.3 Å². The molecule has 0 aromatic rings. The number of nitrogens with one attached hydrogen (secondary N) is 1. The second-order valence-electron chi connectivity index (χ2n) is 4.21. The smallest absolute Gasteiger partial charge is 0.322 e. The molecule has 0 aromatic heterocycles. The maximum absolute atomic E-state index is 11.0. The lowest BCUT2D eigenvalue weighted by molar-refractivity contribution is -0.142. The lowest BCUT2D eigenvalue weighted by Gasteiger charge is -2.23. The molecule has 0 saturated heterocycles. The highest BCUT2D eigenvalue weighted by Crippen LogP contribution is 2.17. The number of nitrogens with two attached hydrogens (primary N) is 1. The Hall–Kier alpha value is -0.610. The fraction of sp³-hybridized carbons (Fsp3) is 0.909. The van der Waals surface area contributed by atoms with Gasteiger partial charge in [0.1, 0.15) is 6.04 Å². The molecule has 0 amide bonds. The van der Waals surface area contributed by atoms with Gasteiger partial charge in [0.05, 0.1) is 7.11 Å². The molecule has 0 aromatic carbocycles. The van der Waals surface area contributed by atoms with Crippen LogP contribution in [0.15, 0.2) is 0 Å². The molecule has 0 radical (unpaired) electrons. The van der Waals surface area contributed by atoms with E-state index < -0.39 is 6.04 Å². The fourth-order valence-electron chi connectivity index (χ4n) is 2.02. The Morgan fingerprint density at radius 2 is 2.13 bits per heavy atom. The first kappa shape index (κ1) is 12.5. The van der Waals surface area contributed by atoms with Crippen molar-refractivity contribution in [3.8, 4) is 0 Å². The van der Waals surface area contributed by atoms with E-state index in [1.807, 2.05) is 0 Å². The number of hydrogen-bond donors (Lipinski definition) is 2. The quantitative estimate of drug-likeness (QED) is 0.664. The minimum absolute atomic E-state index is 0.319. The molecule has 1 fully saturated rings. The van der Waals surface area contributed by atoms with Crippen LogP contribution >= 0.6 is 0 Å². The van der Waals surface area contributed by atoms with Gasteiger partial charge in [-0.3, -0.25) is 4.79 Å². The maximum Gasteiger partial charge on any atom is 0.322 e. The maximum atomic E-state index is 11.0. The van der Waals surface area contributed by atoms with Gasteiger partial charge in [0, 0.05) is 6.04 Å². The number of carbonyl (C=O) groups excluding carboxylic acids is 1. The first-order chi connectivity index (χ1) is 7.24. The molecule has 1 rings (SSSR count). The van der Waals surface area contributed by atoms with E-state index in [1.165, 1.54) is 39.2 Å². The van der Waals surface area contributed by atoms with Crippen LogP contribution in [0.5, 0.6) is 0 Å². The van der Waals surface area contributed by atoms with E-state index in [-0.39, 0.29) is 5.97 Å². The molecule has 15 heavy (non-hydrogen) atoms. The molecule has 1 aliphatic rings. The normalized spacial score (nSPS) is 19.9. The molecule has 88 valence electrons. The second-order valence-corrected chi connectivity index (χ2v) is 4.21. The van der Waals surface area contributed by atoms with Gasteiger partial charge in [0.15, 0.2) is 0 Å². The van der Waals surface area contributed by atoms with Gasteiger partial charge in [-0.05, 0) is 25.8 Å². The van der Waals surface area contributed by atoms with Crippen molar-refractivity contribution in [2.75, 3.05) is 13.7 Å². The molecule has 1 aliphatic carbocycles. The average molecular weight is 214 g/mol. The van der Waals surface area contributed by atoms with Crippen molar-refractivity contribution in [2.45, 2.75) is 50.6 Å². The van der Waals surface area contributed by atoms with E-state index in [9.17, 15) is 4.79 Å². The van der Waals surface area contributed by atoms with Crippen LogP contribution in [0.2, 0.25) is 0 Å². The van der Waals surface area contributed by atoms with Crippen molar-refractivity contribution in [1.29, 1.82) is 0 Å². The molecule has 3 N–H and O–H groups in total.